The third-order valence-corrected chi connectivity index (χ3v) is 4.99. The number of halogens is 5. The van der Waals surface area contributed by atoms with Crippen molar-refractivity contribution in [3.05, 3.63) is 69.9 Å². The van der Waals surface area contributed by atoms with Gasteiger partial charge in [0.2, 0.25) is 0 Å². The number of alkyl halides is 3. The number of nitrogens with zero attached hydrogens (tertiary/aromatic N) is 2. The standard InChI is InChI=1S/C19H17ClF4N4O/c1-10-8-15(27-17-13(21)6-3-7-26-17)14(25)9-28(10)18(29)11-4-2-5-12(16(11)20)19(22,23)24/h2-7,10H,8-9,25H2,1H3,(H,26,27). The molecule has 2 heterocycles. The molecule has 1 aromatic heterocycles. The van der Waals surface area contributed by atoms with Crippen molar-refractivity contribution in [3.8, 4) is 0 Å². The van der Waals surface area contributed by atoms with Gasteiger partial charge in [0.1, 0.15) is 0 Å². The van der Waals surface area contributed by atoms with Crippen LogP contribution in [0.4, 0.5) is 23.4 Å². The van der Waals surface area contributed by atoms with Gasteiger partial charge in [-0.05, 0) is 31.2 Å². The summed E-state index contributed by atoms with van der Waals surface area (Å²) in [7, 11) is 0. The van der Waals surface area contributed by atoms with Gasteiger partial charge in [0, 0.05) is 30.1 Å². The summed E-state index contributed by atoms with van der Waals surface area (Å²) in [5.41, 5.74) is 5.46. The number of pyridine rings is 1. The highest BCUT2D eigenvalue weighted by atomic mass is 35.5. The topological polar surface area (TPSA) is 71.2 Å². The Kier molecular flexibility index (Phi) is 5.70. The Hall–Kier alpha value is -2.81. The Labute approximate surface area is 169 Å². The van der Waals surface area contributed by atoms with Crippen LogP contribution >= 0.6 is 11.6 Å². The normalized spacial score (nSPS) is 17.4. The van der Waals surface area contributed by atoms with Gasteiger partial charge in [0.25, 0.3) is 5.91 Å². The van der Waals surface area contributed by atoms with Gasteiger partial charge in [0.15, 0.2) is 11.6 Å². The molecule has 0 radical (unpaired) electrons. The van der Waals surface area contributed by atoms with Crippen LogP contribution in [-0.2, 0) is 6.18 Å². The summed E-state index contributed by atoms with van der Waals surface area (Å²) in [6.07, 6.45) is -3.02. The smallest absolute Gasteiger partial charge is 0.399 e. The molecule has 0 aliphatic carbocycles. The van der Waals surface area contributed by atoms with E-state index in [0.717, 1.165) is 12.1 Å². The maximum absolute atomic E-state index is 13.8. The average molecular weight is 429 g/mol. The minimum Gasteiger partial charge on any atom is -0.399 e. The van der Waals surface area contributed by atoms with E-state index in [-0.39, 0.29) is 30.0 Å². The number of carbonyl (C=O) groups is 1. The number of rotatable bonds is 3. The summed E-state index contributed by atoms with van der Waals surface area (Å²) >= 11 is 5.87. The van der Waals surface area contributed by atoms with Crippen LogP contribution in [0, 0.1) is 5.82 Å². The van der Waals surface area contributed by atoms with Crippen molar-refractivity contribution in [2.75, 3.05) is 11.9 Å². The Bertz CT molecular complexity index is 977. The molecule has 0 saturated carbocycles. The van der Waals surface area contributed by atoms with Gasteiger partial charge in [-0.1, -0.05) is 17.7 Å². The quantitative estimate of drug-likeness (QED) is 0.710. The zero-order valence-electron chi connectivity index (χ0n) is 15.2. The molecule has 1 aromatic carbocycles. The van der Waals surface area contributed by atoms with Gasteiger partial charge in [-0.2, -0.15) is 13.2 Å². The molecular formula is C19H17ClF4N4O. The van der Waals surface area contributed by atoms with E-state index in [4.69, 9.17) is 17.3 Å². The monoisotopic (exact) mass is 428 g/mol. The van der Waals surface area contributed by atoms with Crippen LogP contribution in [0.5, 0.6) is 0 Å². The molecular weight excluding hydrogens is 412 g/mol. The molecule has 1 amide bonds. The molecule has 1 aliphatic heterocycles. The summed E-state index contributed by atoms with van der Waals surface area (Å²) in [5, 5.41) is 2.17. The zero-order valence-corrected chi connectivity index (χ0v) is 16.0. The van der Waals surface area contributed by atoms with Crippen molar-refractivity contribution in [2.24, 2.45) is 5.73 Å². The molecule has 0 fully saturated rings. The fraction of sp³-hybridized carbons (Fsp3) is 0.263. The van der Waals surface area contributed by atoms with E-state index in [2.05, 4.69) is 10.3 Å². The number of benzene rings is 1. The number of aromatic nitrogens is 1. The average Bonchev–Trinajstić information content (AvgIpc) is 2.65. The predicted molar refractivity (Wildman–Crippen MR) is 101 cm³/mol. The van der Waals surface area contributed by atoms with Gasteiger partial charge >= 0.3 is 6.18 Å². The molecule has 2 aromatic rings. The Morgan fingerprint density at radius 3 is 2.69 bits per heavy atom. The first kappa shape index (κ1) is 20.9. The molecule has 1 atom stereocenters. The molecule has 0 bridgehead atoms. The van der Waals surface area contributed by atoms with E-state index in [1.54, 1.807) is 6.92 Å². The third kappa shape index (κ3) is 4.29. The highest BCUT2D eigenvalue weighted by Crippen LogP contribution is 2.37. The second kappa shape index (κ2) is 7.90. The molecule has 5 nitrogen and oxygen atoms in total. The van der Waals surface area contributed by atoms with Crippen molar-refractivity contribution < 1.29 is 22.4 Å². The number of hydrogen-bond acceptors (Lipinski definition) is 4. The van der Waals surface area contributed by atoms with Gasteiger partial charge in [-0.15, -0.1) is 0 Å². The SMILES string of the molecule is CC1CC(Nc2ncccc2F)=C(N)CN1C(=O)c1cccc(C(F)(F)F)c1Cl. The van der Waals surface area contributed by atoms with Crippen molar-refractivity contribution in [3.63, 3.8) is 0 Å². The first-order valence-electron chi connectivity index (χ1n) is 8.61. The number of carbonyl (C=O) groups excluding carboxylic acids is 1. The van der Waals surface area contributed by atoms with Crippen LogP contribution < -0.4 is 11.1 Å². The lowest BCUT2D eigenvalue weighted by Crippen LogP contribution is -2.45. The molecule has 29 heavy (non-hydrogen) atoms. The van der Waals surface area contributed by atoms with Crippen LogP contribution in [0.1, 0.15) is 29.3 Å². The van der Waals surface area contributed by atoms with E-state index >= 15 is 0 Å². The van der Waals surface area contributed by atoms with Crippen molar-refractivity contribution in [2.45, 2.75) is 25.6 Å². The van der Waals surface area contributed by atoms with E-state index in [1.165, 1.54) is 29.3 Å². The van der Waals surface area contributed by atoms with Gasteiger partial charge in [-0.25, -0.2) is 9.37 Å². The van der Waals surface area contributed by atoms with Crippen molar-refractivity contribution in [1.29, 1.82) is 0 Å². The Balaban J connectivity index is 1.86. The molecule has 1 aliphatic rings. The lowest BCUT2D eigenvalue weighted by molar-refractivity contribution is -0.137. The third-order valence-electron chi connectivity index (χ3n) is 4.58. The van der Waals surface area contributed by atoms with Gasteiger partial charge in [-0.3, -0.25) is 4.79 Å². The zero-order chi connectivity index (χ0) is 21.3. The second-order valence-electron chi connectivity index (χ2n) is 6.61. The minimum atomic E-state index is -4.68. The van der Waals surface area contributed by atoms with E-state index in [0.29, 0.717) is 5.70 Å². The first-order valence-corrected chi connectivity index (χ1v) is 8.99. The first-order chi connectivity index (χ1) is 13.6. The summed E-state index contributed by atoms with van der Waals surface area (Å²) < 4.78 is 53.1. The molecule has 0 spiro atoms. The number of amides is 1. The summed E-state index contributed by atoms with van der Waals surface area (Å²) in [6, 6.07) is 5.45. The highest BCUT2D eigenvalue weighted by Gasteiger charge is 2.36. The van der Waals surface area contributed by atoms with E-state index in [9.17, 15) is 22.4 Å². The lowest BCUT2D eigenvalue weighted by atomic mass is 10.0. The summed E-state index contributed by atoms with van der Waals surface area (Å²) in [6.45, 7) is 1.66. The number of hydrogen-bond donors (Lipinski definition) is 2. The molecule has 10 heteroatoms. The van der Waals surface area contributed by atoms with E-state index in [1.807, 2.05) is 0 Å². The maximum Gasteiger partial charge on any atom is 0.417 e. The molecule has 3 rings (SSSR count). The minimum absolute atomic E-state index is 0.00153. The predicted octanol–water partition coefficient (Wildman–Crippen LogP) is 4.41. The largest absolute Gasteiger partial charge is 0.417 e. The molecule has 154 valence electrons. The van der Waals surface area contributed by atoms with E-state index < -0.39 is 34.5 Å². The lowest BCUT2D eigenvalue weighted by Gasteiger charge is -2.35. The Morgan fingerprint density at radius 2 is 2.03 bits per heavy atom. The van der Waals surface area contributed by atoms with Crippen LogP contribution in [0.2, 0.25) is 5.02 Å². The summed E-state index contributed by atoms with van der Waals surface area (Å²) in [5.74, 6) is -1.23. The summed E-state index contributed by atoms with van der Waals surface area (Å²) in [4.78, 5) is 18.1. The van der Waals surface area contributed by atoms with Crippen LogP contribution in [0.15, 0.2) is 47.9 Å². The van der Waals surface area contributed by atoms with Gasteiger partial charge < -0.3 is 16.0 Å². The van der Waals surface area contributed by atoms with Crippen molar-refractivity contribution >= 4 is 23.3 Å². The fourth-order valence-electron chi connectivity index (χ4n) is 3.07. The molecule has 0 saturated heterocycles. The highest BCUT2D eigenvalue weighted by molar-refractivity contribution is 6.34. The Morgan fingerprint density at radius 1 is 1.31 bits per heavy atom. The number of nitrogens with one attached hydrogen (secondary N) is 1. The van der Waals surface area contributed by atoms with Crippen molar-refractivity contribution in [1.82, 2.24) is 9.88 Å². The number of anilines is 1. The number of nitrogens with two attached hydrogens (primary N) is 1. The van der Waals surface area contributed by atoms with Crippen LogP contribution in [0.3, 0.4) is 0 Å². The molecule has 1 unspecified atom stereocenters. The van der Waals surface area contributed by atoms with Gasteiger partial charge in [0.05, 0.1) is 22.7 Å². The fourth-order valence-corrected chi connectivity index (χ4v) is 3.38. The second-order valence-corrected chi connectivity index (χ2v) is 6.99. The maximum atomic E-state index is 13.8. The molecule has 3 N–H and O–H groups in total. The van der Waals surface area contributed by atoms with Crippen LogP contribution in [-0.4, -0.2) is 28.4 Å². The van der Waals surface area contributed by atoms with Crippen LogP contribution in [0.25, 0.3) is 0 Å².